The molecule has 1 atom stereocenters. The highest BCUT2D eigenvalue weighted by atomic mass is 16.1. The molecular formula is C14H22N2O. The van der Waals surface area contributed by atoms with Crippen LogP contribution in [0, 0.1) is 5.41 Å². The van der Waals surface area contributed by atoms with Crippen molar-refractivity contribution in [3.05, 3.63) is 29.8 Å². The van der Waals surface area contributed by atoms with Crippen molar-refractivity contribution in [3.8, 4) is 0 Å². The average molecular weight is 234 g/mol. The van der Waals surface area contributed by atoms with E-state index in [9.17, 15) is 4.79 Å². The maximum atomic E-state index is 11.8. The number of carbonyl (C=O) groups excluding carboxylic acids is 1. The number of carbonyl (C=O) groups is 1. The number of nitrogens with one attached hydrogen (secondary N) is 1. The Bertz CT molecular complexity index is 391. The third-order valence-corrected chi connectivity index (χ3v) is 2.39. The standard InChI is InChI=1S/C14H22N2O/c1-10(15)11-6-5-7-12(8-11)16-13(17)9-14(2,3)4/h5-8,10H,9,15H2,1-4H3,(H,16,17). The maximum absolute atomic E-state index is 11.8. The number of benzene rings is 1. The molecule has 3 nitrogen and oxygen atoms in total. The minimum atomic E-state index is -0.0190. The third-order valence-electron chi connectivity index (χ3n) is 2.39. The van der Waals surface area contributed by atoms with Crippen LogP contribution in [0.25, 0.3) is 0 Å². The number of nitrogens with two attached hydrogens (primary N) is 1. The van der Waals surface area contributed by atoms with E-state index in [-0.39, 0.29) is 17.4 Å². The van der Waals surface area contributed by atoms with Crippen LogP contribution in [0.5, 0.6) is 0 Å². The zero-order chi connectivity index (χ0) is 13.1. The third kappa shape index (κ3) is 5.00. The van der Waals surface area contributed by atoms with Gasteiger partial charge in [-0.15, -0.1) is 0 Å². The highest BCUT2D eigenvalue weighted by Gasteiger charge is 2.16. The molecule has 0 bridgehead atoms. The van der Waals surface area contributed by atoms with Crippen LogP contribution in [0.2, 0.25) is 0 Å². The van der Waals surface area contributed by atoms with Crippen LogP contribution in [0.4, 0.5) is 5.69 Å². The first-order valence-corrected chi connectivity index (χ1v) is 5.93. The zero-order valence-electron chi connectivity index (χ0n) is 11.1. The van der Waals surface area contributed by atoms with E-state index in [0.29, 0.717) is 6.42 Å². The van der Waals surface area contributed by atoms with E-state index in [1.54, 1.807) is 0 Å². The average Bonchev–Trinajstić information content (AvgIpc) is 2.14. The molecule has 1 amide bonds. The molecule has 1 rings (SSSR count). The van der Waals surface area contributed by atoms with Crippen LogP contribution < -0.4 is 11.1 Å². The molecule has 1 aromatic carbocycles. The molecule has 0 spiro atoms. The summed E-state index contributed by atoms with van der Waals surface area (Å²) in [4.78, 5) is 11.8. The first-order chi connectivity index (χ1) is 7.78. The van der Waals surface area contributed by atoms with Gasteiger partial charge in [-0.3, -0.25) is 4.79 Å². The fourth-order valence-corrected chi connectivity index (χ4v) is 1.59. The topological polar surface area (TPSA) is 55.1 Å². The lowest BCUT2D eigenvalue weighted by molar-refractivity contribution is -0.117. The summed E-state index contributed by atoms with van der Waals surface area (Å²) in [6, 6.07) is 7.65. The molecule has 0 aliphatic carbocycles. The van der Waals surface area contributed by atoms with Crippen molar-refractivity contribution in [3.63, 3.8) is 0 Å². The minimum absolute atomic E-state index is 0.00283. The van der Waals surface area contributed by atoms with E-state index in [4.69, 9.17) is 5.73 Å². The molecule has 3 heteroatoms. The molecule has 0 saturated heterocycles. The van der Waals surface area contributed by atoms with Crippen molar-refractivity contribution in [2.45, 2.75) is 40.2 Å². The van der Waals surface area contributed by atoms with Crippen LogP contribution in [0.15, 0.2) is 24.3 Å². The molecule has 1 unspecified atom stereocenters. The molecule has 0 aliphatic heterocycles. The van der Waals surface area contributed by atoms with E-state index in [1.807, 2.05) is 52.0 Å². The highest BCUT2D eigenvalue weighted by Crippen LogP contribution is 2.20. The Morgan fingerprint density at radius 2 is 2.06 bits per heavy atom. The summed E-state index contributed by atoms with van der Waals surface area (Å²) in [5, 5.41) is 2.90. The van der Waals surface area contributed by atoms with Crippen molar-refractivity contribution < 1.29 is 4.79 Å². The summed E-state index contributed by atoms with van der Waals surface area (Å²) < 4.78 is 0. The van der Waals surface area contributed by atoms with Gasteiger partial charge in [0, 0.05) is 18.2 Å². The molecule has 94 valence electrons. The summed E-state index contributed by atoms with van der Waals surface area (Å²) in [6.45, 7) is 8.07. The number of rotatable bonds is 3. The van der Waals surface area contributed by atoms with Gasteiger partial charge in [0.05, 0.1) is 0 Å². The monoisotopic (exact) mass is 234 g/mol. The van der Waals surface area contributed by atoms with Crippen LogP contribution in [-0.4, -0.2) is 5.91 Å². The lowest BCUT2D eigenvalue weighted by Crippen LogP contribution is -2.19. The van der Waals surface area contributed by atoms with Gasteiger partial charge in [0.1, 0.15) is 0 Å². The number of hydrogen-bond acceptors (Lipinski definition) is 2. The summed E-state index contributed by atoms with van der Waals surface area (Å²) in [5.41, 5.74) is 7.65. The number of hydrogen-bond donors (Lipinski definition) is 2. The van der Waals surface area contributed by atoms with Gasteiger partial charge in [0.15, 0.2) is 0 Å². The second-order valence-corrected chi connectivity index (χ2v) is 5.70. The number of anilines is 1. The van der Waals surface area contributed by atoms with Crippen LogP contribution in [0.3, 0.4) is 0 Å². The Morgan fingerprint density at radius 1 is 1.41 bits per heavy atom. The summed E-state index contributed by atoms with van der Waals surface area (Å²) >= 11 is 0. The Morgan fingerprint density at radius 3 is 2.59 bits per heavy atom. The first-order valence-electron chi connectivity index (χ1n) is 5.93. The molecule has 0 aliphatic rings. The first kappa shape index (κ1) is 13.7. The quantitative estimate of drug-likeness (QED) is 0.844. The molecular weight excluding hydrogens is 212 g/mol. The Kier molecular flexibility index (Phi) is 4.29. The van der Waals surface area contributed by atoms with Gasteiger partial charge in [0.2, 0.25) is 5.91 Å². The van der Waals surface area contributed by atoms with E-state index in [2.05, 4.69) is 5.32 Å². The minimum Gasteiger partial charge on any atom is -0.326 e. The molecule has 0 saturated carbocycles. The van der Waals surface area contributed by atoms with E-state index < -0.39 is 0 Å². The van der Waals surface area contributed by atoms with Crippen LogP contribution >= 0.6 is 0 Å². The van der Waals surface area contributed by atoms with Gasteiger partial charge in [-0.2, -0.15) is 0 Å². The number of amides is 1. The molecule has 3 N–H and O–H groups in total. The van der Waals surface area contributed by atoms with Crippen molar-refractivity contribution >= 4 is 11.6 Å². The van der Waals surface area contributed by atoms with Crippen molar-refractivity contribution in [2.75, 3.05) is 5.32 Å². The van der Waals surface area contributed by atoms with Gasteiger partial charge in [0.25, 0.3) is 0 Å². The Labute approximate surface area is 103 Å². The predicted molar refractivity (Wildman–Crippen MR) is 71.7 cm³/mol. The Balaban J connectivity index is 2.69. The second kappa shape index (κ2) is 5.32. The predicted octanol–water partition coefficient (Wildman–Crippen LogP) is 3.08. The fraction of sp³-hybridized carbons (Fsp3) is 0.500. The van der Waals surface area contributed by atoms with Gasteiger partial charge in [-0.1, -0.05) is 32.9 Å². The maximum Gasteiger partial charge on any atom is 0.224 e. The van der Waals surface area contributed by atoms with E-state index >= 15 is 0 Å². The summed E-state index contributed by atoms with van der Waals surface area (Å²) in [6.07, 6.45) is 0.509. The molecule has 1 aromatic rings. The lowest BCUT2D eigenvalue weighted by Gasteiger charge is -2.17. The van der Waals surface area contributed by atoms with Crippen LogP contribution in [-0.2, 0) is 4.79 Å². The second-order valence-electron chi connectivity index (χ2n) is 5.70. The van der Waals surface area contributed by atoms with Gasteiger partial charge >= 0.3 is 0 Å². The van der Waals surface area contributed by atoms with E-state index in [1.165, 1.54) is 0 Å². The highest BCUT2D eigenvalue weighted by molar-refractivity contribution is 5.91. The molecule has 0 heterocycles. The van der Waals surface area contributed by atoms with Gasteiger partial charge < -0.3 is 11.1 Å². The SMILES string of the molecule is CC(N)c1cccc(NC(=O)CC(C)(C)C)c1. The Hall–Kier alpha value is -1.35. The molecule has 0 aromatic heterocycles. The molecule has 0 radical (unpaired) electrons. The fourth-order valence-electron chi connectivity index (χ4n) is 1.59. The lowest BCUT2D eigenvalue weighted by atomic mass is 9.92. The largest absolute Gasteiger partial charge is 0.326 e. The van der Waals surface area contributed by atoms with Crippen LogP contribution in [0.1, 0.15) is 45.7 Å². The van der Waals surface area contributed by atoms with Crippen molar-refractivity contribution in [1.82, 2.24) is 0 Å². The summed E-state index contributed by atoms with van der Waals surface area (Å²) in [7, 11) is 0. The van der Waals surface area contributed by atoms with Gasteiger partial charge in [-0.05, 0) is 30.0 Å². The van der Waals surface area contributed by atoms with E-state index in [0.717, 1.165) is 11.3 Å². The molecule has 0 fully saturated rings. The summed E-state index contributed by atoms with van der Waals surface area (Å²) in [5.74, 6) is 0.0410. The van der Waals surface area contributed by atoms with Gasteiger partial charge in [-0.25, -0.2) is 0 Å². The molecule has 17 heavy (non-hydrogen) atoms. The smallest absolute Gasteiger partial charge is 0.224 e. The van der Waals surface area contributed by atoms with Crippen molar-refractivity contribution in [2.24, 2.45) is 11.1 Å². The normalized spacial score (nSPS) is 13.2. The zero-order valence-corrected chi connectivity index (χ0v) is 11.1. The van der Waals surface area contributed by atoms with Crippen molar-refractivity contribution in [1.29, 1.82) is 0 Å².